The number of aryl methyl sites for hydroxylation is 1. The highest BCUT2D eigenvalue weighted by molar-refractivity contribution is 6.08. The summed E-state index contributed by atoms with van der Waals surface area (Å²) < 4.78 is 0. The number of allylic oxidation sites excluding steroid dienone is 1. The van der Waals surface area contributed by atoms with E-state index in [1.54, 1.807) is 0 Å². The summed E-state index contributed by atoms with van der Waals surface area (Å²) in [6.07, 6.45) is 2.51. The molecule has 1 unspecified atom stereocenters. The van der Waals surface area contributed by atoms with E-state index < -0.39 is 0 Å². The van der Waals surface area contributed by atoms with Gasteiger partial charge in [-0.2, -0.15) is 5.10 Å². The number of ketones is 1. The van der Waals surface area contributed by atoms with Crippen LogP contribution in [0.2, 0.25) is 0 Å². The van der Waals surface area contributed by atoms with Crippen LogP contribution in [-0.2, 0) is 4.79 Å². The number of rotatable bonds is 2. The predicted molar refractivity (Wildman–Crippen MR) is 96.2 cm³/mol. The van der Waals surface area contributed by atoms with Crippen molar-refractivity contribution in [2.75, 3.05) is 24.3 Å². The molecule has 0 bridgehead atoms. The average Bonchev–Trinajstić information content (AvgIpc) is 2.96. The number of Topliss-reactive ketones (excluding diaryl/α,β-unsaturated/α-hetero) is 1. The molecular formula is C19H22N4O. The summed E-state index contributed by atoms with van der Waals surface area (Å²) in [5.74, 6) is 1.12. The summed E-state index contributed by atoms with van der Waals surface area (Å²) in [7, 11) is 4.05. The molecule has 2 aromatic rings. The monoisotopic (exact) mass is 322 g/mol. The van der Waals surface area contributed by atoms with E-state index in [4.69, 9.17) is 0 Å². The Morgan fingerprint density at radius 3 is 2.62 bits per heavy atom. The number of nitrogens with zero attached hydrogens (tertiary/aromatic N) is 2. The van der Waals surface area contributed by atoms with Crippen LogP contribution >= 0.6 is 0 Å². The number of carbonyl (C=O) groups is 1. The standard InChI is InChI=1S/C19H22N4O/c1-11-16-14-5-4-6-15(24)17(14)18(20-19(16)22-21-11)12-7-9-13(10-8-12)23(2)3/h7-10,18H,4-6H2,1-3H3,(H2,20,21,22). The average molecular weight is 322 g/mol. The van der Waals surface area contributed by atoms with E-state index in [1.807, 2.05) is 21.0 Å². The fraction of sp³-hybridized carbons (Fsp3) is 0.368. The predicted octanol–water partition coefficient (Wildman–Crippen LogP) is 3.46. The van der Waals surface area contributed by atoms with Crippen LogP contribution in [0.15, 0.2) is 29.8 Å². The lowest BCUT2D eigenvalue weighted by atomic mass is 9.78. The maximum Gasteiger partial charge on any atom is 0.161 e. The van der Waals surface area contributed by atoms with Gasteiger partial charge >= 0.3 is 0 Å². The minimum Gasteiger partial charge on any atom is -0.378 e. The smallest absolute Gasteiger partial charge is 0.161 e. The highest BCUT2D eigenvalue weighted by atomic mass is 16.1. The van der Waals surface area contributed by atoms with Gasteiger partial charge in [0.15, 0.2) is 11.6 Å². The molecule has 2 N–H and O–H groups in total. The van der Waals surface area contributed by atoms with Gasteiger partial charge in [-0.1, -0.05) is 12.1 Å². The zero-order valence-corrected chi connectivity index (χ0v) is 14.3. The van der Waals surface area contributed by atoms with Crippen LogP contribution in [0, 0.1) is 6.92 Å². The zero-order chi connectivity index (χ0) is 16.8. The van der Waals surface area contributed by atoms with Gasteiger partial charge in [0.05, 0.1) is 6.04 Å². The summed E-state index contributed by atoms with van der Waals surface area (Å²) >= 11 is 0. The first-order chi connectivity index (χ1) is 11.6. The van der Waals surface area contributed by atoms with Crippen LogP contribution in [0.3, 0.4) is 0 Å². The molecule has 124 valence electrons. The molecule has 5 nitrogen and oxygen atoms in total. The molecule has 0 fully saturated rings. The Hall–Kier alpha value is -2.56. The van der Waals surface area contributed by atoms with Crippen molar-refractivity contribution in [3.05, 3.63) is 46.7 Å². The minimum absolute atomic E-state index is 0.112. The lowest BCUT2D eigenvalue weighted by molar-refractivity contribution is -0.116. The molecule has 0 radical (unpaired) electrons. The molecule has 1 aliphatic carbocycles. The first-order valence-electron chi connectivity index (χ1n) is 8.41. The van der Waals surface area contributed by atoms with Gasteiger partial charge in [0.1, 0.15) is 0 Å². The lowest BCUT2D eigenvalue weighted by Crippen LogP contribution is -2.27. The second kappa shape index (κ2) is 5.51. The first-order valence-corrected chi connectivity index (χ1v) is 8.41. The Bertz CT molecular complexity index is 830. The highest BCUT2D eigenvalue weighted by Gasteiger charge is 2.36. The molecular weight excluding hydrogens is 300 g/mol. The maximum absolute atomic E-state index is 12.7. The second-order valence-electron chi connectivity index (χ2n) is 6.80. The topological polar surface area (TPSA) is 61.0 Å². The zero-order valence-electron chi connectivity index (χ0n) is 14.3. The largest absolute Gasteiger partial charge is 0.378 e. The van der Waals surface area contributed by atoms with E-state index >= 15 is 0 Å². The molecule has 0 saturated heterocycles. The SMILES string of the molecule is Cc1[nH]nc2c1C1=C(C(=O)CCC1)C(c1ccc(N(C)C)cc1)N2. The van der Waals surface area contributed by atoms with Crippen LogP contribution in [0.1, 0.15) is 42.1 Å². The molecule has 1 atom stereocenters. The van der Waals surface area contributed by atoms with Crippen LogP contribution in [0.5, 0.6) is 0 Å². The fourth-order valence-corrected chi connectivity index (χ4v) is 3.78. The van der Waals surface area contributed by atoms with Crippen LogP contribution in [0.25, 0.3) is 5.57 Å². The second-order valence-corrected chi connectivity index (χ2v) is 6.80. The minimum atomic E-state index is -0.112. The van der Waals surface area contributed by atoms with E-state index in [0.717, 1.165) is 46.7 Å². The van der Waals surface area contributed by atoms with Crippen molar-refractivity contribution in [2.45, 2.75) is 32.2 Å². The van der Waals surface area contributed by atoms with Crippen molar-refractivity contribution < 1.29 is 4.79 Å². The van der Waals surface area contributed by atoms with Crippen LogP contribution < -0.4 is 10.2 Å². The molecule has 0 saturated carbocycles. The van der Waals surface area contributed by atoms with Crippen molar-refractivity contribution in [2.24, 2.45) is 0 Å². The number of anilines is 2. The van der Waals surface area contributed by atoms with E-state index in [0.29, 0.717) is 6.42 Å². The summed E-state index contributed by atoms with van der Waals surface area (Å²) in [5.41, 5.74) is 6.48. The molecule has 2 heterocycles. The quantitative estimate of drug-likeness (QED) is 0.889. The van der Waals surface area contributed by atoms with Crippen molar-refractivity contribution in [3.63, 3.8) is 0 Å². The molecule has 4 rings (SSSR count). The van der Waals surface area contributed by atoms with E-state index in [9.17, 15) is 4.79 Å². The number of carbonyl (C=O) groups excluding carboxylic acids is 1. The van der Waals surface area contributed by atoms with Crippen molar-refractivity contribution in [1.29, 1.82) is 0 Å². The summed E-state index contributed by atoms with van der Waals surface area (Å²) in [4.78, 5) is 14.8. The van der Waals surface area contributed by atoms with Gasteiger partial charge in [0.25, 0.3) is 0 Å². The molecule has 0 spiro atoms. The van der Waals surface area contributed by atoms with Gasteiger partial charge in [-0.25, -0.2) is 0 Å². The number of benzene rings is 1. The van der Waals surface area contributed by atoms with Crippen LogP contribution in [0.4, 0.5) is 11.5 Å². The maximum atomic E-state index is 12.7. The van der Waals surface area contributed by atoms with Crippen LogP contribution in [-0.4, -0.2) is 30.1 Å². The van der Waals surface area contributed by atoms with E-state index in [2.05, 4.69) is 44.7 Å². The van der Waals surface area contributed by atoms with Gasteiger partial charge in [-0.3, -0.25) is 9.89 Å². The molecule has 2 aliphatic rings. The first kappa shape index (κ1) is 15.0. The Morgan fingerprint density at radius 1 is 1.17 bits per heavy atom. The molecule has 0 amide bonds. The number of fused-ring (bicyclic) bond motifs is 2. The summed E-state index contributed by atoms with van der Waals surface area (Å²) in [6, 6.07) is 8.28. The number of H-pyrrole nitrogens is 1. The molecule has 1 aromatic heterocycles. The number of hydrogen-bond donors (Lipinski definition) is 2. The van der Waals surface area contributed by atoms with Gasteiger partial charge in [0.2, 0.25) is 0 Å². The molecule has 5 heteroatoms. The van der Waals surface area contributed by atoms with Gasteiger partial charge in [0, 0.05) is 43.0 Å². The van der Waals surface area contributed by atoms with Crippen molar-refractivity contribution in [1.82, 2.24) is 10.2 Å². The number of aromatic amines is 1. The van der Waals surface area contributed by atoms with E-state index in [-0.39, 0.29) is 11.8 Å². The third-order valence-corrected chi connectivity index (χ3v) is 5.02. The molecule has 1 aromatic carbocycles. The fourth-order valence-electron chi connectivity index (χ4n) is 3.78. The lowest BCUT2D eigenvalue weighted by Gasteiger charge is -2.32. The third-order valence-electron chi connectivity index (χ3n) is 5.02. The highest BCUT2D eigenvalue weighted by Crippen LogP contribution is 2.45. The Balaban J connectivity index is 1.83. The summed E-state index contributed by atoms with van der Waals surface area (Å²) in [5, 5.41) is 10.9. The molecule has 24 heavy (non-hydrogen) atoms. The number of hydrogen-bond acceptors (Lipinski definition) is 4. The van der Waals surface area contributed by atoms with Gasteiger partial charge in [-0.15, -0.1) is 0 Å². The molecule has 1 aliphatic heterocycles. The Labute approximate surface area is 141 Å². The van der Waals surface area contributed by atoms with Crippen molar-refractivity contribution >= 4 is 22.9 Å². The summed E-state index contributed by atoms with van der Waals surface area (Å²) in [6.45, 7) is 2.02. The number of nitrogens with one attached hydrogen (secondary N) is 2. The Kier molecular flexibility index (Phi) is 3.44. The third kappa shape index (κ3) is 2.23. The van der Waals surface area contributed by atoms with Crippen molar-refractivity contribution in [3.8, 4) is 0 Å². The number of aromatic nitrogens is 2. The van der Waals surface area contributed by atoms with Gasteiger partial charge in [-0.05, 0) is 43.0 Å². The van der Waals surface area contributed by atoms with Gasteiger partial charge < -0.3 is 10.2 Å². The Morgan fingerprint density at radius 2 is 1.92 bits per heavy atom. The van der Waals surface area contributed by atoms with E-state index in [1.165, 1.54) is 5.57 Å². The normalized spacial score (nSPS) is 19.6.